The van der Waals surface area contributed by atoms with Gasteiger partial charge in [0.1, 0.15) is 0 Å². The first-order valence-electron chi connectivity index (χ1n) is 3.92. The van der Waals surface area contributed by atoms with Gasteiger partial charge >= 0.3 is 0 Å². The molecule has 2 aromatic rings. The maximum absolute atomic E-state index is 5.76. The first kappa shape index (κ1) is 9.36. The molecule has 0 aliphatic heterocycles. The lowest BCUT2D eigenvalue weighted by atomic mass is 10.3. The average Bonchev–Trinajstić information content (AvgIpc) is 2.56. The second kappa shape index (κ2) is 3.89. The molecule has 0 radical (unpaired) electrons. The highest BCUT2D eigenvalue weighted by atomic mass is 35.5. The Labute approximate surface area is 89.6 Å². The lowest BCUT2D eigenvalue weighted by Gasteiger charge is -1.92. The van der Waals surface area contributed by atoms with Crippen LogP contribution in [-0.2, 0) is 7.05 Å². The Hall–Kier alpha value is -1.20. The Kier molecular flexibility index (Phi) is 2.60. The van der Waals surface area contributed by atoms with E-state index in [4.69, 9.17) is 11.6 Å². The van der Waals surface area contributed by atoms with Gasteiger partial charge in [-0.15, -0.1) is 0 Å². The van der Waals surface area contributed by atoms with E-state index in [-0.39, 0.29) is 0 Å². The number of aromatic nitrogens is 3. The van der Waals surface area contributed by atoms with Gasteiger partial charge in [-0.25, -0.2) is 9.67 Å². The first-order valence-corrected chi connectivity index (χ1v) is 5.07. The molecule has 0 fully saturated rings. The Morgan fingerprint density at radius 3 is 2.64 bits per heavy atom. The molecule has 0 amide bonds. The van der Waals surface area contributed by atoms with E-state index in [1.165, 1.54) is 11.5 Å². The largest absolute Gasteiger partial charge is 0.227 e. The molecule has 0 saturated carbocycles. The van der Waals surface area contributed by atoms with Crippen LogP contribution in [0.5, 0.6) is 0 Å². The third-order valence-electron chi connectivity index (χ3n) is 1.62. The molecule has 72 valence electrons. The summed E-state index contributed by atoms with van der Waals surface area (Å²) in [5.74, 6) is 0. The summed E-state index contributed by atoms with van der Waals surface area (Å²) in [4.78, 5) is 5.10. The molecular formula is C8H7ClN4S. The number of hydrogen-bond acceptors (Lipinski definition) is 4. The standard InChI is InChI=1S/C8H7ClN4S/c1-13-8(14-12-11-13)10-7-4-2-6(9)3-5-7/h2-5H,1H3. The van der Waals surface area contributed by atoms with Crippen LogP contribution < -0.4 is 4.80 Å². The highest BCUT2D eigenvalue weighted by molar-refractivity contribution is 7.02. The Morgan fingerprint density at radius 2 is 2.07 bits per heavy atom. The predicted molar refractivity (Wildman–Crippen MR) is 55.6 cm³/mol. The monoisotopic (exact) mass is 226 g/mol. The van der Waals surface area contributed by atoms with Crippen molar-refractivity contribution in [2.45, 2.75) is 0 Å². The van der Waals surface area contributed by atoms with Gasteiger partial charge in [-0.3, -0.25) is 0 Å². The summed E-state index contributed by atoms with van der Waals surface area (Å²) >= 11 is 7.01. The Morgan fingerprint density at radius 1 is 1.36 bits per heavy atom. The van der Waals surface area contributed by atoms with Crippen molar-refractivity contribution in [1.29, 1.82) is 0 Å². The van der Waals surface area contributed by atoms with Crippen molar-refractivity contribution >= 4 is 28.8 Å². The topological polar surface area (TPSA) is 43.1 Å². The van der Waals surface area contributed by atoms with Crippen LogP contribution in [0, 0.1) is 0 Å². The van der Waals surface area contributed by atoms with Crippen molar-refractivity contribution in [3.8, 4) is 0 Å². The molecule has 0 spiro atoms. The van der Waals surface area contributed by atoms with Crippen LogP contribution in [0.2, 0.25) is 5.02 Å². The van der Waals surface area contributed by atoms with Gasteiger partial charge in [-0.1, -0.05) is 21.3 Å². The summed E-state index contributed by atoms with van der Waals surface area (Å²) in [5, 5.41) is 4.50. The zero-order valence-corrected chi connectivity index (χ0v) is 8.96. The number of hydrogen-bond donors (Lipinski definition) is 0. The van der Waals surface area contributed by atoms with Crippen molar-refractivity contribution in [3.05, 3.63) is 34.1 Å². The highest BCUT2D eigenvalue weighted by Gasteiger charge is 1.93. The molecule has 0 unspecified atom stereocenters. The molecule has 14 heavy (non-hydrogen) atoms. The fraction of sp³-hybridized carbons (Fsp3) is 0.125. The van der Waals surface area contributed by atoms with Crippen molar-refractivity contribution in [2.75, 3.05) is 0 Å². The van der Waals surface area contributed by atoms with Crippen LogP contribution in [0.1, 0.15) is 0 Å². The van der Waals surface area contributed by atoms with Crippen molar-refractivity contribution in [3.63, 3.8) is 0 Å². The molecule has 0 atom stereocenters. The first-order chi connectivity index (χ1) is 6.75. The van der Waals surface area contributed by atoms with E-state index in [1.54, 1.807) is 23.9 Å². The Balaban J connectivity index is 2.44. The number of benzene rings is 1. The van der Waals surface area contributed by atoms with E-state index in [0.717, 1.165) is 10.5 Å². The third kappa shape index (κ3) is 2.00. The molecule has 6 heteroatoms. The van der Waals surface area contributed by atoms with E-state index >= 15 is 0 Å². The van der Waals surface area contributed by atoms with E-state index in [1.807, 2.05) is 12.1 Å². The van der Waals surface area contributed by atoms with Gasteiger partial charge in [-0.2, -0.15) is 0 Å². The quantitative estimate of drug-likeness (QED) is 0.744. The molecule has 1 heterocycles. The lowest BCUT2D eigenvalue weighted by molar-refractivity contribution is 0.686. The zero-order chi connectivity index (χ0) is 9.97. The number of halogens is 1. The minimum atomic E-state index is 0.704. The van der Waals surface area contributed by atoms with E-state index < -0.39 is 0 Å². The van der Waals surface area contributed by atoms with E-state index in [2.05, 4.69) is 14.7 Å². The summed E-state index contributed by atoms with van der Waals surface area (Å²) in [6.45, 7) is 0. The normalized spacial score (nSPS) is 12.0. The number of aryl methyl sites for hydroxylation is 1. The van der Waals surface area contributed by atoms with Crippen molar-refractivity contribution in [1.82, 2.24) is 14.4 Å². The maximum Gasteiger partial charge on any atom is 0.227 e. The van der Waals surface area contributed by atoms with Crippen LogP contribution >= 0.6 is 23.1 Å². The second-order valence-corrected chi connectivity index (χ2v) is 3.80. The summed E-state index contributed by atoms with van der Waals surface area (Å²) in [6, 6.07) is 7.30. The molecule has 0 saturated heterocycles. The summed E-state index contributed by atoms with van der Waals surface area (Å²) < 4.78 is 5.39. The van der Waals surface area contributed by atoms with Crippen LogP contribution in [-0.4, -0.2) is 14.4 Å². The molecule has 0 aliphatic carbocycles. The summed E-state index contributed by atoms with van der Waals surface area (Å²) in [5.41, 5.74) is 0.844. The minimum absolute atomic E-state index is 0.704. The number of nitrogens with zero attached hydrogens (tertiary/aromatic N) is 4. The minimum Gasteiger partial charge on any atom is -0.221 e. The van der Waals surface area contributed by atoms with Gasteiger partial charge in [0.15, 0.2) is 0 Å². The molecular weight excluding hydrogens is 220 g/mol. The lowest BCUT2D eigenvalue weighted by Crippen LogP contribution is -2.10. The fourth-order valence-corrected chi connectivity index (χ4v) is 1.57. The van der Waals surface area contributed by atoms with Crippen LogP contribution in [0.3, 0.4) is 0 Å². The fourth-order valence-electron chi connectivity index (χ4n) is 0.926. The molecule has 0 bridgehead atoms. The highest BCUT2D eigenvalue weighted by Crippen LogP contribution is 2.15. The second-order valence-electron chi connectivity index (χ2n) is 2.66. The zero-order valence-electron chi connectivity index (χ0n) is 7.38. The van der Waals surface area contributed by atoms with Crippen molar-refractivity contribution < 1.29 is 0 Å². The van der Waals surface area contributed by atoms with Gasteiger partial charge in [0.05, 0.1) is 5.69 Å². The molecule has 4 nitrogen and oxygen atoms in total. The molecule has 1 aromatic carbocycles. The summed E-state index contributed by atoms with van der Waals surface area (Å²) in [6.07, 6.45) is 0. The van der Waals surface area contributed by atoms with Crippen molar-refractivity contribution in [2.24, 2.45) is 12.0 Å². The number of rotatable bonds is 1. The maximum atomic E-state index is 5.76. The SMILES string of the molecule is Cn1nnsc1=Nc1ccc(Cl)cc1. The Bertz CT molecular complexity index is 485. The van der Waals surface area contributed by atoms with Gasteiger partial charge < -0.3 is 0 Å². The average molecular weight is 227 g/mol. The third-order valence-corrected chi connectivity index (χ3v) is 2.55. The predicted octanol–water partition coefficient (Wildman–Crippen LogP) is 1.76. The van der Waals surface area contributed by atoms with Gasteiger partial charge in [0.25, 0.3) is 0 Å². The van der Waals surface area contributed by atoms with Gasteiger partial charge in [0, 0.05) is 23.6 Å². The van der Waals surface area contributed by atoms with E-state index in [0.29, 0.717) is 5.02 Å². The van der Waals surface area contributed by atoms with Gasteiger partial charge in [-0.05, 0) is 24.3 Å². The smallest absolute Gasteiger partial charge is 0.221 e. The molecule has 0 N–H and O–H groups in total. The summed E-state index contributed by atoms with van der Waals surface area (Å²) in [7, 11) is 1.80. The molecule has 2 rings (SSSR count). The van der Waals surface area contributed by atoms with Crippen LogP contribution in [0.25, 0.3) is 0 Å². The molecule has 1 aromatic heterocycles. The van der Waals surface area contributed by atoms with E-state index in [9.17, 15) is 0 Å². The van der Waals surface area contributed by atoms with Crippen LogP contribution in [0.15, 0.2) is 29.3 Å². The van der Waals surface area contributed by atoms with Crippen LogP contribution in [0.4, 0.5) is 5.69 Å². The molecule has 0 aliphatic rings. The van der Waals surface area contributed by atoms with Gasteiger partial charge in [0.2, 0.25) is 4.80 Å².